The Labute approximate surface area is 240 Å². The van der Waals surface area contributed by atoms with Crippen molar-refractivity contribution in [3.05, 3.63) is 72.9 Å². The number of hydrogen-bond acceptors (Lipinski definition) is 7. The third kappa shape index (κ3) is 5.77. The number of aryl methyl sites for hydroxylation is 3. The Morgan fingerprint density at radius 1 is 0.878 bits per heavy atom. The number of rotatable bonds is 8. The highest BCUT2D eigenvalue weighted by atomic mass is 32.2. The maximum atomic E-state index is 12.0. The number of hydrogen-bond donors (Lipinski definition) is 0. The van der Waals surface area contributed by atoms with E-state index in [0.29, 0.717) is 18.8 Å². The summed E-state index contributed by atoms with van der Waals surface area (Å²) < 4.78 is 35.4. The van der Waals surface area contributed by atoms with Gasteiger partial charge in [0.1, 0.15) is 11.4 Å². The molecule has 0 N–H and O–H groups in total. The molecule has 5 heterocycles. The van der Waals surface area contributed by atoms with Gasteiger partial charge in [-0.3, -0.25) is 18.8 Å². The maximum absolute atomic E-state index is 12.0. The smallest absolute Gasteiger partial charge is 0.165 e. The minimum absolute atomic E-state index is 0.119. The topological polar surface area (TPSA) is 100 Å². The van der Waals surface area contributed by atoms with E-state index in [4.69, 9.17) is 9.72 Å². The average Bonchev–Trinajstić information content (AvgIpc) is 3.65. The minimum atomic E-state index is -2.91. The molecule has 0 aliphatic carbocycles. The summed E-state index contributed by atoms with van der Waals surface area (Å²) >= 11 is 0. The van der Waals surface area contributed by atoms with Crippen LogP contribution in [0.25, 0.3) is 28.0 Å². The van der Waals surface area contributed by atoms with Gasteiger partial charge in [-0.15, -0.1) is 0 Å². The molecule has 1 aliphatic heterocycles. The summed E-state index contributed by atoms with van der Waals surface area (Å²) in [5.74, 6) is 1.90. The summed E-state index contributed by atoms with van der Waals surface area (Å²) in [7, 11) is 0.852. The van der Waals surface area contributed by atoms with Gasteiger partial charge in [-0.05, 0) is 68.7 Å². The second-order valence-corrected chi connectivity index (χ2v) is 13.7. The second-order valence-electron chi connectivity index (χ2n) is 11.4. The van der Waals surface area contributed by atoms with Crippen molar-refractivity contribution < 1.29 is 13.2 Å². The van der Waals surface area contributed by atoms with E-state index in [1.807, 2.05) is 57.0 Å². The number of nitrogens with zero attached hydrogens (tertiary/aromatic N) is 7. The fourth-order valence-electron chi connectivity index (χ4n) is 5.46. The van der Waals surface area contributed by atoms with Gasteiger partial charge in [-0.25, -0.2) is 13.4 Å². The predicted molar refractivity (Wildman–Crippen MR) is 159 cm³/mol. The summed E-state index contributed by atoms with van der Waals surface area (Å²) in [6.07, 6.45) is 11.3. The number of pyridine rings is 1. The van der Waals surface area contributed by atoms with Crippen molar-refractivity contribution in [1.82, 2.24) is 34.0 Å². The summed E-state index contributed by atoms with van der Waals surface area (Å²) in [5, 5.41) is 9.64. The van der Waals surface area contributed by atoms with Crippen LogP contribution < -0.4 is 4.74 Å². The fraction of sp³-hybridized carbons (Fsp3) is 0.367. The summed E-state index contributed by atoms with van der Waals surface area (Å²) in [6.45, 7) is 5.60. The molecular weight excluding hydrogens is 538 g/mol. The zero-order chi connectivity index (χ0) is 28.8. The van der Waals surface area contributed by atoms with E-state index >= 15 is 0 Å². The van der Waals surface area contributed by atoms with Crippen LogP contribution in [-0.4, -0.2) is 72.6 Å². The average molecular weight is 574 g/mol. The van der Waals surface area contributed by atoms with Crippen LogP contribution >= 0.6 is 0 Å². The third-order valence-electron chi connectivity index (χ3n) is 7.98. The molecule has 4 aromatic heterocycles. The van der Waals surface area contributed by atoms with E-state index in [-0.39, 0.29) is 17.0 Å². The first-order chi connectivity index (χ1) is 19.6. The molecule has 1 saturated heterocycles. The molecule has 41 heavy (non-hydrogen) atoms. The van der Waals surface area contributed by atoms with E-state index in [0.717, 1.165) is 46.6 Å². The van der Waals surface area contributed by atoms with E-state index in [1.54, 1.807) is 15.6 Å². The zero-order valence-electron chi connectivity index (χ0n) is 23.9. The van der Waals surface area contributed by atoms with Gasteiger partial charge in [-0.2, -0.15) is 10.2 Å². The first kappa shape index (κ1) is 27.2. The lowest BCUT2D eigenvalue weighted by Crippen LogP contribution is -2.51. The second kappa shape index (κ2) is 10.5. The number of ether oxygens (including phenoxy) is 1. The molecule has 6 rings (SSSR count). The van der Waals surface area contributed by atoms with Crippen LogP contribution in [0.4, 0.5) is 0 Å². The lowest BCUT2D eigenvalue weighted by atomic mass is 9.93. The Balaban J connectivity index is 1.28. The molecule has 0 amide bonds. The lowest BCUT2D eigenvalue weighted by molar-refractivity contribution is 0.123. The van der Waals surface area contributed by atoms with Crippen molar-refractivity contribution in [1.29, 1.82) is 0 Å². The van der Waals surface area contributed by atoms with Gasteiger partial charge < -0.3 is 4.74 Å². The number of fused-ring (bicyclic) bond motifs is 1. The van der Waals surface area contributed by atoms with Crippen LogP contribution in [0.1, 0.15) is 25.8 Å². The van der Waals surface area contributed by atoms with Gasteiger partial charge in [-0.1, -0.05) is 0 Å². The minimum Gasteiger partial charge on any atom is -0.454 e. The SMILES string of the molecule is Cn1cc(Oc2ccc(-c3ccc4c(CCC(C)(C)N5CCS(=O)(=O)CC5)cn(-c5cnn(C)c5)c4n3)cc2)cn1. The summed E-state index contributed by atoms with van der Waals surface area (Å²) in [5.41, 5.74) is 4.78. The monoisotopic (exact) mass is 573 g/mol. The Hall–Kier alpha value is -3.96. The van der Waals surface area contributed by atoms with Crippen LogP contribution in [0.2, 0.25) is 0 Å². The molecule has 1 fully saturated rings. The van der Waals surface area contributed by atoms with Gasteiger partial charge >= 0.3 is 0 Å². The highest BCUT2D eigenvalue weighted by Crippen LogP contribution is 2.31. The molecule has 0 saturated carbocycles. The van der Waals surface area contributed by atoms with Crippen molar-refractivity contribution in [2.24, 2.45) is 14.1 Å². The number of sulfone groups is 1. The third-order valence-corrected chi connectivity index (χ3v) is 9.59. The van der Waals surface area contributed by atoms with Crippen LogP contribution in [0.5, 0.6) is 11.5 Å². The van der Waals surface area contributed by atoms with Crippen LogP contribution in [0, 0.1) is 0 Å². The molecule has 0 atom stereocenters. The zero-order valence-corrected chi connectivity index (χ0v) is 24.7. The van der Waals surface area contributed by atoms with Crippen molar-refractivity contribution in [3.8, 4) is 28.4 Å². The van der Waals surface area contributed by atoms with E-state index < -0.39 is 9.84 Å². The molecule has 10 nitrogen and oxygen atoms in total. The fourth-order valence-corrected chi connectivity index (χ4v) is 6.66. The predicted octanol–water partition coefficient (Wildman–Crippen LogP) is 4.39. The van der Waals surface area contributed by atoms with Crippen LogP contribution in [-0.2, 0) is 30.4 Å². The van der Waals surface area contributed by atoms with Crippen molar-refractivity contribution in [2.45, 2.75) is 32.2 Å². The largest absolute Gasteiger partial charge is 0.454 e. The molecule has 0 unspecified atom stereocenters. The van der Waals surface area contributed by atoms with E-state index in [1.165, 1.54) is 5.56 Å². The Bertz CT molecular complexity index is 1790. The molecule has 0 spiro atoms. The quantitative estimate of drug-likeness (QED) is 0.271. The van der Waals surface area contributed by atoms with Crippen molar-refractivity contribution in [3.63, 3.8) is 0 Å². The standard InChI is InChI=1S/C30H35N7O3S/c1-30(2,36-13-15-41(38,39)16-14-36)12-11-23-19-37(24-17-31-34(3)20-24)29-27(23)9-10-28(33-29)22-5-7-25(8-6-22)40-26-18-32-35(4)21-26/h5-10,17-21H,11-16H2,1-4H3. The van der Waals surface area contributed by atoms with Crippen LogP contribution in [0.3, 0.4) is 0 Å². The van der Waals surface area contributed by atoms with Crippen molar-refractivity contribution >= 4 is 20.9 Å². The molecule has 0 radical (unpaired) electrons. The highest BCUT2D eigenvalue weighted by Gasteiger charge is 2.32. The van der Waals surface area contributed by atoms with E-state index in [2.05, 4.69) is 51.8 Å². The molecular formula is C30H35N7O3S. The lowest BCUT2D eigenvalue weighted by Gasteiger charge is -2.41. The molecule has 214 valence electrons. The molecule has 11 heteroatoms. The highest BCUT2D eigenvalue weighted by molar-refractivity contribution is 7.91. The number of aromatic nitrogens is 6. The first-order valence-electron chi connectivity index (χ1n) is 13.8. The molecule has 5 aromatic rings. The van der Waals surface area contributed by atoms with Gasteiger partial charge in [0.25, 0.3) is 0 Å². The van der Waals surface area contributed by atoms with Gasteiger partial charge in [0.15, 0.2) is 15.6 Å². The molecule has 1 aliphatic rings. The van der Waals surface area contributed by atoms with Gasteiger partial charge in [0.2, 0.25) is 0 Å². The first-order valence-corrected chi connectivity index (χ1v) is 15.6. The van der Waals surface area contributed by atoms with Gasteiger partial charge in [0.05, 0.1) is 41.5 Å². The van der Waals surface area contributed by atoms with E-state index in [9.17, 15) is 8.42 Å². The normalized spacial score (nSPS) is 15.9. The summed E-state index contributed by atoms with van der Waals surface area (Å²) in [6, 6.07) is 12.1. The Morgan fingerprint density at radius 2 is 1.59 bits per heavy atom. The Kier molecular flexibility index (Phi) is 6.95. The molecule has 0 bridgehead atoms. The van der Waals surface area contributed by atoms with Crippen LogP contribution in [0.15, 0.2) is 67.4 Å². The maximum Gasteiger partial charge on any atom is 0.165 e. The molecule has 1 aromatic carbocycles. The summed E-state index contributed by atoms with van der Waals surface area (Å²) in [4.78, 5) is 7.43. The van der Waals surface area contributed by atoms with Gasteiger partial charge in [0, 0.05) is 56.1 Å². The Morgan fingerprint density at radius 3 is 2.24 bits per heavy atom. The van der Waals surface area contributed by atoms with Crippen molar-refractivity contribution in [2.75, 3.05) is 24.6 Å². The number of benzene rings is 1.